The van der Waals surface area contributed by atoms with Gasteiger partial charge < -0.3 is 15.0 Å². The number of carbonyl (C=O) groups is 1. The molecule has 0 bridgehead atoms. The number of anilines is 2. The van der Waals surface area contributed by atoms with Crippen molar-refractivity contribution < 1.29 is 9.53 Å². The Hall–Kier alpha value is -2.92. The van der Waals surface area contributed by atoms with Gasteiger partial charge in [-0.3, -0.25) is 9.78 Å². The lowest BCUT2D eigenvalue weighted by molar-refractivity contribution is 0.102. The van der Waals surface area contributed by atoms with E-state index in [-0.39, 0.29) is 5.91 Å². The molecule has 1 amide bonds. The fourth-order valence-electron chi connectivity index (χ4n) is 3.54. The van der Waals surface area contributed by atoms with Crippen LogP contribution in [0.2, 0.25) is 0 Å². The molecule has 0 radical (unpaired) electrons. The largest absolute Gasteiger partial charge is 0.380 e. The van der Waals surface area contributed by atoms with Gasteiger partial charge in [0, 0.05) is 42.7 Å². The lowest BCUT2D eigenvalue weighted by Crippen LogP contribution is -2.22. The Morgan fingerprint density at radius 2 is 1.96 bits per heavy atom. The summed E-state index contributed by atoms with van der Waals surface area (Å²) in [7, 11) is 1.76. The minimum Gasteiger partial charge on any atom is -0.380 e. The van der Waals surface area contributed by atoms with E-state index in [1.54, 1.807) is 7.11 Å². The SMILES string of the molecule is COC1CCN(c2ccc(NC(=O)c3cccc4ccc(C)nc34)cc2)C1. The molecule has 3 aromatic rings. The Bertz CT molecular complexity index is 969. The molecule has 1 aromatic heterocycles. The summed E-state index contributed by atoms with van der Waals surface area (Å²) in [6, 6.07) is 17.6. The van der Waals surface area contributed by atoms with Crippen LogP contribution < -0.4 is 10.2 Å². The number of rotatable bonds is 4. The zero-order valence-electron chi connectivity index (χ0n) is 15.6. The first-order chi connectivity index (χ1) is 13.1. The summed E-state index contributed by atoms with van der Waals surface area (Å²) in [5, 5.41) is 3.95. The fourth-order valence-corrected chi connectivity index (χ4v) is 3.54. The van der Waals surface area contributed by atoms with Gasteiger partial charge in [0.25, 0.3) is 5.91 Å². The number of hydrogen-bond donors (Lipinski definition) is 1. The molecular weight excluding hydrogens is 338 g/mol. The predicted octanol–water partition coefficient (Wildman–Crippen LogP) is 4.02. The average Bonchev–Trinajstić information content (AvgIpc) is 3.17. The fraction of sp³-hybridized carbons (Fsp3) is 0.273. The van der Waals surface area contributed by atoms with E-state index in [9.17, 15) is 4.79 Å². The number of carbonyl (C=O) groups excluding carboxylic acids is 1. The lowest BCUT2D eigenvalue weighted by Gasteiger charge is -2.18. The Balaban J connectivity index is 1.51. The van der Waals surface area contributed by atoms with Crippen molar-refractivity contribution in [3.63, 3.8) is 0 Å². The molecule has 0 aliphatic carbocycles. The zero-order chi connectivity index (χ0) is 18.8. The van der Waals surface area contributed by atoms with Gasteiger partial charge in [-0.2, -0.15) is 0 Å². The third-order valence-electron chi connectivity index (χ3n) is 5.07. The van der Waals surface area contributed by atoms with Crippen molar-refractivity contribution in [2.75, 3.05) is 30.4 Å². The van der Waals surface area contributed by atoms with E-state index < -0.39 is 0 Å². The van der Waals surface area contributed by atoms with Gasteiger partial charge in [0.15, 0.2) is 0 Å². The summed E-state index contributed by atoms with van der Waals surface area (Å²) in [5.41, 5.74) is 4.13. The van der Waals surface area contributed by atoms with Crippen molar-refractivity contribution in [1.82, 2.24) is 4.98 Å². The highest BCUT2D eigenvalue weighted by Crippen LogP contribution is 2.24. The minimum atomic E-state index is -0.146. The van der Waals surface area contributed by atoms with Crippen LogP contribution in [0, 0.1) is 6.92 Å². The third kappa shape index (κ3) is 3.64. The topological polar surface area (TPSA) is 54.5 Å². The number of aromatic nitrogens is 1. The van der Waals surface area contributed by atoms with Crippen LogP contribution in [0.25, 0.3) is 10.9 Å². The lowest BCUT2D eigenvalue weighted by atomic mass is 10.1. The van der Waals surface area contributed by atoms with Crippen molar-refractivity contribution in [3.05, 3.63) is 65.9 Å². The number of methoxy groups -OCH3 is 1. The second-order valence-electron chi connectivity index (χ2n) is 6.92. The molecule has 1 aliphatic heterocycles. The van der Waals surface area contributed by atoms with Crippen LogP contribution in [-0.2, 0) is 4.74 Å². The summed E-state index contributed by atoms with van der Waals surface area (Å²) >= 11 is 0. The quantitative estimate of drug-likeness (QED) is 0.763. The van der Waals surface area contributed by atoms with Crippen molar-refractivity contribution in [3.8, 4) is 0 Å². The molecule has 2 aromatic carbocycles. The van der Waals surface area contributed by atoms with E-state index in [0.717, 1.165) is 47.5 Å². The Labute approximate surface area is 159 Å². The van der Waals surface area contributed by atoms with Crippen molar-refractivity contribution >= 4 is 28.2 Å². The molecule has 1 unspecified atom stereocenters. The normalized spacial score (nSPS) is 16.7. The summed E-state index contributed by atoms with van der Waals surface area (Å²) in [5.74, 6) is -0.146. The molecule has 1 aliphatic rings. The smallest absolute Gasteiger partial charge is 0.257 e. The summed E-state index contributed by atoms with van der Waals surface area (Å²) in [4.78, 5) is 19.6. The molecule has 5 nitrogen and oxygen atoms in total. The summed E-state index contributed by atoms with van der Waals surface area (Å²) in [6.07, 6.45) is 1.34. The highest BCUT2D eigenvalue weighted by atomic mass is 16.5. The number of nitrogens with one attached hydrogen (secondary N) is 1. The molecule has 27 heavy (non-hydrogen) atoms. The second-order valence-corrected chi connectivity index (χ2v) is 6.92. The van der Waals surface area contributed by atoms with Gasteiger partial charge in [0.1, 0.15) is 0 Å². The summed E-state index contributed by atoms with van der Waals surface area (Å²) < 4.78 is 5.43. The van der Waals surface area contributed by atoms with E-state index in [1.165, 1.54) is 0 Å². The van der Waals surface area contributed by atoms with E-state index in [4.69, 9.17) is 4.74 Å². The van der Waals surface area contributed by atoms with Gasteiger partial charge in [0.2, 0.25) is 0 Å². The number of nitrogens with zero attached hydrogens (tertiary/aromatic N) is 2. The van der Waals surface area contributed by atoms with Gasteiger partial charge in [-0.1, -0.05) is 18.2 Å². The van der Waals surface area contributed by atoms with Gasteiger partial charge in [-0.05, 0) is 49.7 Å². The predicted molar refractivity (Wildman–Crippen MR) is 109 cm³/mol. The van der Waals surface area contributed by atoms with E-state index in [2.05, 4.69) is 15.2 Å². The Morgan fingerprint density at radius 3 is 2.70 bits per heavy atom. The van der Waals surface area contributed by atoms with Gasteiger partial charge in [0.05, 0.1) is 17.2 Å². The number of pyridine rings is 1. The average molecular weight is 361 g/mol. The zero-order valence-corrected chi connectivity index (χ0v) is 15.6. The number of ether oxygens (including phenoxy) is 1. The molecule has 1 saturated heterocycles. The van der Waals surface area contributed by atoms with E-state index in [0.29, 0.717) is 11.7 Å². The van der Waals surface area contributed by atoms with Crippen molar-refractivity contribution in [1.29, 1.82) is 0 Å². The number of para-hydroxylation sites is 1. The maximum absolute atomic E-state index is 12.8. The van der Waals surface area contributed by atoms with Gasteiger partial charge >= 0.3 is 0 Å². The molecular formula is C22H23N3O2. The number of hydrogen-bond acceptors (Lipinski definition) is 4. The van der Waals surface area contributed by atoms with Crippen LogP contribution in [-0.4, -0.2) is 37.2 Å². The van der Waals surface area contributed by atoms with Crippen molar-refractivity contribution in [2.24, 2.45) is 0 Å². The molecule has 0 spiro atoms. The van der Waals surface area contributed by atoms with Crippen LogP contribution in [0.3, 0.4) is 0 Å². The highest BCUT2D eigenvalue weighted by Gasteiger charge is 2.22. The molecule has 138 valence electrons. The van der Waals surface area contributed by atoms with Crippen molar-refractivity contribution in [2.45, 2.75) is 19.4 Å². The third-order valence-corrected chi connectivity index (χ3v) is 5.07. The van der Waals surface area contributed by atoms with E-state index in [1.807, 2.05) is 61.5 Å². The number of aryl methyl sites for hydroxylation is 1. The van der Waals surface area contributed by atoms with Gasteiger partial charge in [-0.15, -0.1) is 0 Å². The standard InChI is InChI=1S/C22H23N3O2/c1-15-6-7-16-4-3-5-20(21(16)23-15)22(26)24-17-8-10-18(11-9-17)25-13-12-19(14-25)27-2/h3-11,19H,12-14H2,1-2H3,(H,24,26). The molecule has 2 heterocycles. The molecule has 5 heteroatoms. The first-order valence-electron chi connectivity index (χ1n) is 9.19. The first kappa shape index (κ1) is 17.5. The molecule has 4 rings (SSSR count). The number of benzene rings is 2. The van der Waals surface area contributed by atoms with Crippen LogP contribution >= 0.6 is 0 Å². The summed E-state index contributed by atoms with van der Waals surface area (Å²) in [6.45, 7) is 3.83. The second kappa shape index (κ2) is 7.37. The number of fused-ring (bicyclic) bond motifs is 1. The van der Waals surface area contributed by atoms with Crippen LogP contribution in [0.4, 0.5) is 11.4 Å². The molecule has 1 atom stereocenters. The molecule has 0 saturated carbocycles. The Morgan fingerprint density at radius 1 is 1.15 bits per heavy atom. The van der Waals surface area contributed by atoms with E-state index >= 15 is 0 Å². The van der Waals surface area contributed by atoms with Crippen LogP contribution in [0.5, 0.6) is 0 Å². The molecule has 1 fully saturated rings. The van der Waals surface area contributed by atoms with Crippen LogP contribution in [0.1, 0.15) is 22.5 Å². The first-order valence-corrected chi connectivity index (χ1v) is 9.19. The number of amides is 1. The minimum absolute atomic E-state index is 0.146. The maximum Gasteiger partial charge on any atom is 0.257 e. The van der Waals surface area contributed by atoms with Gasteiger partial charge in [-0.25, -0.2) is 0 Å². The maximum atomic E-state index is 12.8. The van der Waals surface area contributed by atoms with Crippen LogP contribution in [0.15, 0.2) is 54.6 Å². The monoisotopic (exact) mass is 361 g/mol. The highest BCUT2D eigenvalue weighted by molar-refractivity contribution is 6.11. The Kier molecular flexibility index (Phi) is 4.77. The molecule has 1 N–H and O–H groups in total.